The van der Waals surface area contributed by atoms with E-state index in [1.165, 1.54) is 45.3 Å². The summed E-state index contributed by atoms with van der Waals surface area (Å²) in [6.45, 7) is 9.14. The number of nitrogens with zero attached hydrogens (tertiary/aromatic N) is 1. The third-order valence-electron chi connectivity index (χ3n) is 4.20. The Kier molecular flexibility index (Phi) is 4.45. The smallest absolute Gasteiger partial charge is 0.0707 e. The van der Waals surface area contributed by atoms with E-state index in [0.29, 0.717) is 6.10 Å². The molecule has 0 aromatic rings. The largest absolute Gasteiger partial charge is 0.371 e. The van der Waals surface area contributed by atoms with Crippen LogP contribution >= 0.6 is 0 Å². The molecule has 0 spiro atoms. The maximum atomic E-state index is 5.98. The third-order valence-corrected chi connectivity index (χ3v) is 4.20. The van der Waals surface area contributed by atoms with Crippen molar-refractivity contribution in [1.29, 1.82) is 0 Å². The average molecular weight is 240 g/mol. The van der Waals surface area contributed by atoms with E-state index >= 15 is 0 Å². The SMILES string of the molecule is CN1CCC(CNCC2CCC(C)(C)O2)CC1. The summed E-state index contributed by atoms with van der Waals surface area (Å²) in [7, 11) is 2.22. The number of ether oxygens (including phenoxy) is 1. The molecule has 2 saturated heterocycles. The molecule has 2 rings (SSSR count). The summed E-state index contributed by atoms with van der Waals surface area (Å²) in [6.07, 6.45) is 5.55. The van der Waals surface area contributed by atoms with Crippen LogP contribution in [0.25, 0.3) is 0 Å². The van der Waals surface area contributed by atoms with E-state index in [2.05, 4.69) is 31.1 Å². The van der Waals surface area contributed by atoms with Crippen molar-refractivity contribution in [1.82, 2.24) is 10.2 Å². The van der Waals surface area contributed by atoms with Crippen LogP contribution in [-0.2, 0) is 4.74 Å². The molecular weight excluding hydrogens is 212 g/mol. The summed E-state index contributed by atoms with van der Waals surface area (Å²) in [5.74, 6) is 0.876. The Morgan fingerprint density at radius 3 is 2.47 bits per heavy atom. The van der Waals surface area contributed by atoms with Gasteiger partial charge in [-0.1, -0.05) is 0 Å². The normalized spacial score (nSPS) is 30.9. The molecule has 0 aromatic carbocycles. The van der Waals surface area contributed by atoms with Crippen LogP contribution in [0.2, 0.25) is 0 Å². The molecule has 2 heterocycles. The predicted octanol–water partition coefficient (Wildman–Crippen LogP) is 1.88. The van der Waals surface area contributed by atoms with Gasteiger partial charge in [-0.3, -0.25) is 0 Å². The van der Waals surface area contributed by atoms with Crippen LogP contribution in [0.1, 0.15) is 39.5 Å². The molecule has 2 aliphatic heterocycles. The van der Waals surface area contributed by atoms with Crippen LogP contribution in [0.5, 0.6) is 0 Å². The monoisotopic (exact) mass is 240 g/mol. The zero-order valence-corrected chi connectivity index (χ0v) is 11.7. The van der Waals surface area contributed by atoms with E-state index in [0.717, 1.165) is 12.5 Å². The van der Waals surface area contributed by atoms with Gasteiger partial charge in [0.2, 0.25) is 0 Å². The summed E-state index contributed by atoms with van der Waals surface area (Å²) >= 11 is 0. The van der Waals surface area contributed by atoms with Crippen LogP contribution in [0, 0.1) is 5.92 Å². The molecule has 1 atom stereocenters. The molecule has 0 radical (unpaired) electrons. The Hall–Kier alpha value is -0.120. The van der Waals surface area contributed by atoms with Crippen LogP contribution in [0.3, 0.4) is 0 Å². The van der Waals surface area contributed by atoms with E-state index in [9.17, 15) is 0 Å². The number of hydrogen-bond donors (Lipinski definition) is 1. The first kappa shape index (κ1) is 13.3. The van der Waals surface area contributed by atoms with Gasteiger partial charge in [-0.2, -0.15) is 0 Å². The van der Waals surface area contributed by atoms with Crippen LogP contribution < -0.4 is 5.32 Å². The highest BCUT2D eigenvalue weighted by atomic mass is 16.5. The van der Waals surface area contributed by atoms with E-state index < -0.39 is 0 Å². The summed E-state index contributed by atoms with van der Waals surface area (Å²) < 4.78 is 5.98. The molecule has 1 N–H and O–H groups in total. The molecule has 0 amide bonds. The Labute approximate surface area is 106 Å². The topological polar surface area (TPSA) is 24.5 Å². The number of piperidine rings is 1. The van der Waals surface area contributed by atoms with Gasteiger partial charge >= 0.3 is 0 Å². The van der Waals surface area contributed by atoms with Crippen LogP contribution in [0.4, 0.5) is 0 Å². The lowest BCUT2D eigenvalue weighted by molar-refractivity contribution is -0.0146. The zero-order valence-electron chi connectivity index (χ0n) is 11.7. The zero-order chi connectivity index (χ0) is 12.3. The molecule has 2 aliphatic rings. The molecule has 3 heteroatoms. The molecule has 1 unspecified atom stereocenters. The maximum absolute atomic E-state index is 5.98. The van der Waals surface area contributed by atoms with Crippen molar-refractivity contribution in [2.75, 3.05) is 33.2 Å². The Balaban J connectivity index is 1.57. The van der Waals surface area contributed by atoms with Gasteiger partial charge in [0.25, 0.3) is 0 Å². The standard InChI is InChI=1S/C14H28N2O/c1-14(2)7-4-13(17-14)11-15-10-12-5-8-16(3)9-6-12/h12-13,15H,4-11H2,1-3H3. The van der Waals surface area contributed by atoms with Crippen molar-refractivity contribution in [2.45, 2.75) is 51.2 Å². The van der Waals surface area contributed by atoms with E-state index in [1.54, 1.807) is 0 Å². The molecule has 0 saturated carbocycles. The van der Waals surface area contributed by atoms with Gasteiger partial charge in [0.1, 0.15) is 0 Å². The van der Waals surface area contributed by atoms with Crippen molar-refractivity contribution in [2.24, 2.45) is 5.92 Å². The Morgan fingerprint density at radius 2 is 1.88 bits per heavy atom. The van der Waals surface area contributed by atoms with Gasteiger partial charge in [-0.15, -0.1) is 0 Å². The van der Waals surface area contributed by atoms with E-state index in [-0.39, 0.29) is 5.60 Å². The fourth-order valence-electron chi connectivity index (χ4n) is 2.94. The molecule has 100 valence electrons. The van der Waals surface area contributed by atoms with Crippen molar-refractivity contribution in [3.05, 3.63) is 0 Å². The van der Waals surface area contributed by atoms with Crippen LogP contribution in [-0.4, -0.2) is 49.8 Å². The van der Waals surface area contributed by atoms with Crippen molar-refractivity contribution in [3.63, 3.8) is 0 Å². The number of hydrogen-bond acceptors (Lipinski definition) is 3. The lowest BCUT2D eigenvalue weighted by atomic mass is 9.97. The highest BCUT2D eigenvalue weighted by molar-refractivity contribution is 4.82. The van der Waals surface area contributed by atoms with Gasteiger partial charge in [0.05, 0.1) is 11.7 Å². The molecule has 17 heavy (non-hydrogen) atoms. The van der Waals surface area contributed by atoms with Gasteiger partial charge in [-0.05, 0) is 72.1 Å². The first-order valence-corrected chi connectivity index (χ1v) is 7.12. The first-order valence-electron chi connectivity index (χ1n) is 7.12. The molecule has 0 aliphatic carbocycles. The van der Waals surface area contributed by atoms with Crippen molar-refractivity contribution < 1.29 is 4.74 Å². The minimum atomic E-state index is 0.111. The lowest BCUT2D eigenvalue weighted by Crippen LogP contribution is -2.37. The molecule has 0 aromatic heterocycles. The molecule has 0 bridgehead atoms. The molecule has 3 nitrogen and oxygen atoms in total. The average Bonchev–Trinajstić information content (AvgIpc) is 2.61. The minimum Gasteiger partial charge on any atom is -0.371 e. The van der Waals surface area contributed by atoms with Crippen molar-refractivity contribution >= 4 is 0 Å². The number of likely N-dealkylation sites (tertiary alicyclic amines) is 1. The summed E-state index contributed by atoms with van der Waals surface area (Å²) in [6, 6.07) is 0. The quantitative estimate of drug-likeness (QED) is 0.812. The third kappa shape index (κ3) is 4.23. The van der Waals surface area contributed by atoms with Gasteiger partial charge in [-0.25, -0.2) is 0 Å². The second-order valence-corrected chi connectivity index (χ2v) is 6.44. The summed E-state index contributed by atoms with van der Waals surface area (Å²) in [5, 5.41) is 3.61. The van der Waals surface area contributed by atoms with E-state index in [4.69, 9.17) is 4.74 Å². The van der Waals surface area contributed by atoms with E-state index in [1.807, 2.05) is 0 Å². The fraction of sp³-hybridized carbons (Fsp3) is 1.00. The molecule has 2 fully saturated rings. The highest BCUT2D eigenvalue weighted by Gasteiger charge is 2.31. The Morgan fingerprint density at radius 1 is 1.18 bits per heavy atom. The highest BCUT2D eigenvalue weighted by Crippen LogP contribution is 2.28. The first-order chi connectivity index (χ1) is 8.05. The van der Waals surface area contributed by atoms with Crippen LogP contribution in [0.15, 0.2) is 0 Å². The number of rotatable bonds is 4. The molecular formula is C14H28N2O. The predicted molar refractivity (Wildman–Crippen MR) is 71.3 cm³/mol. The second-order valence-electron chi connectivity index (χ2n) is 6.44. The van der Waals surface area contributed by atoms with Gasteiger partial charge in [0.15, 0.2) is 0 Å². The fourth-order valence-corrected chi connectivity index (χ4v) is 2.94. The van der Waals surface area contributed by atoms with Crippen molar-refractivity contribution in [3.8, 4) is 0 Å². The Bertz CT molecular complexity index is 234. The lowest BCUT2D eigenvalue weighted by Gasteiger charge is -2.29. The summed E-state index contributed by atoms with van der Waals surface area (Å²) in [5.41, 5.74) is 0.111. The number of nitrogens with one attached hydrogen (secondary N) is 1. The van der Waals surface area contributed by atoms with Gasteiger partial charge in [0, 0.05) is 6.54 Å². The minimum absolute atomic E-state index is 0.111. The second kappa shape index (κ2) is 5.68. The maximum Gasteiger partial charge on any atom is 0.0707 e. The summed E-state index contributed by atoms with van der Waals surface area (Å²) in [4.78, 5) is 2.43. The van der Waals surface area contributed by atoms with Gasteiger partial charge < -0.3 is 15.0 Å².